The van der Waals surface area contributed by atoms with E-state index in [1.807, 2.05) is 0 Å². The van der Waals surface area contributed by atoms with Crippen molar-refractivity contribution in [3.63, 3.8) is 0 Å². The Balaban J connectivity index is 4.37. The van der Waals surface area contributed by atoms with E-state index in [0.29, 0.717) is 0 Å². The third kappa shape index (κ3) is 24.6. The Hall–Kier alpha value is -0.300. The second-order valence-corrected chi connectivity index (χ2v) is 10.8. The van der Waals surface area contributed by atoms with Crippen LogP contribution in [0.25, 0.3) is 0 Å². The molecule has 0 aliphatic carbocycles. The van der Waals surface area contributed by atoms with Crippen LogP contribution in [0.2, 0.25) is 0 Å². The molecule has 0 aliphatic heterocycles. The molecule has 1 N–H and O–H groups in total. The minimum absolute atomic E-state index is 0.832. The van der Waals surface area contributed by atoms with Crippen LogP contribution in [-0.4, -0.2) is 13.1 Å². The molecule has 198 valence electrons. The van der Waals surface area contributed by atoms with Gasteiger partial charge in [-0.15, -0.1) is 0 Å². The Morgan fingerprint density at radius 1 is 0.455 bits per heavy atom. The van der Waals surface area contributed by atoms with Crippen LogP contribution in [0.5, 0.6) is 0 Å². The first kappa shape index (κ1) is 32.7. The molecule has 0 aromatic carbocycles. The van der Waals surface area contributed by atoms with E-state index in [-0.39, 0.29) is 0 Å². The summed E-state index contributed by atoms with van der Waals surface area (Å²) in [6.07, 6.45) is 35.8. The average molecular weight is 464 g/mol. The van der Waals surface area contributed by atoms with Crippen LogP contribution in [0, 0.1) is 11.8 Å². The van der Waals surface area contributed by atoms with Gasteiger partial charge in [0.15, 0.2) is 0 Å². The zero-order valence-corrected chi connectivity index (χ0v) is 23.8. The van der Waals surface area contributed by atoms with Crippen LogP contribution < -0.4 is 5.32 Å². The molecule has 1 heteroatoms. The maximum Gasteiger partial charge on any atom is -0.00174 e. The molecule has 1 nitrogen and oxygen atoms in total. The van der Waals surface area contributed by atoms with Crippen LogP contribution in [0.3, 0.4) is 0 Å². The number of hydrogen-bond acceptors (Lipinski definition) is 1. The smallest absolute Gasteiger partial charge is 0.00174 e. The minimum Gasteiger partial charge on any atom is -0.316 e. The Morgan fingerprint density at radius 3 is 1.39 bits per heavy atom. The predicted octanol–water partition coefficient (Wildman–Crippen LogP) is 11.0. The average Bonchev–Trinajstić information content (AvgIpc) is 2.82. The molecule has 0 aromatic rings. The monoisotopic (exact) mass is 464 g/mol. The molecule has 0 aromatic heterocycles. The summed E-state index contributed by atoms with van der Waals surface area (Å²) < 4.78 is 0. The molecule has 0 saturated carbocycles. The fraction of sp³-hybridized carbons (Fsp3) is 0.938. The van der Waals surface area contributed by atoms with Gasteiger partial charge in [0.05, 0.1) is 0 Å². The fourth-order valence-electron chi connectivity index (χ4n) is 5.00. The van der Waals surface area contributed by atoms with Gasteiger partial charge in [0.2, 0.25) is 0 Å². The van der Waals surface area contributed by atoms with Crippen LogP contribution in [0.1, 0.15) is 169 Å². The molecule has 2 unspecified atom stereocenters. The van der Waals surface area contributed by atoms with Crippen LogP contribution >= 0.6 is 0 Å². The highest BCUT2D eigenvalue weighted by Gasteiger charge is 2.11. The normalized spacial score (nSPS) is 13.7. The zero-order valence-electron chi connectivity index (χ0n) is 23.8. The summed E-state index contributed by atoms with van der Waals surface area (Å²) in [4.78, 5) is 0. The predicted molar refractivity (Wildman–Crippen MR) is 153 cm³/mol. The molecule has 0 amide bonds. The SMILES string of the molecule is CCC/C=C/CC(CCCCCCCC)CNCC(CCCCCC)CCCCCCCC. The highest BCUT2D eigenvalue weighted by Crippen LogP contribution is 2.20. The largest absolute Gasteiger partial charge is 0.316 e. The maximum absolute atomic E-state index is 3.96. The van der Waals surface area contributed by atoms with E-state index < -0.39 is 0 Å². The second-order valence-electron chi connectivity index (χ2n) is 10.8. The standard InChI is InChI=1S/C32H65N/c1-5-9-13-17-19-23-27-31(25-21-15-11-7-3)29-33-30-32(26-22-16-12-8-4)28-24-20-18-14-10-6-2/h15,21,31-33H,5-14,16-20,22-30H2,1-4H3/b21-15+. The Morgan fingerprint density at radius 2 is 0.879 bits per heavy atom. The lowest BCUT2D eigenvalue weighted by Crippen LogP contribution is -2.28. The van der Waals surface area contributed by atoms with Gasteiger partial charge < -0.3 is 5.32 Å². The van der Waals surface area contributed by atoms with Crippen molar-refractivity contribution in [1.29, 1.82) is 0 Å². The van der Waals surface area contributed by atoms with Crippen molar-refractivity contribution in [2.75, 3.05) is 13.1 Å². The van der Waals surface area contributed by atoms with Crippen molar-refractivity contribution in [2.24, 2.45) is 11.8 Å². The summed E-state index contributed by atoms with van der Waals surface area (Å²) in [5, 5.41) is 3.96. The first-order chi connectivity index (χ1) is 16.3. The van der Waals surface area contributed by atoms with Crippen molar-refractivity contribution in [2.45, 2.75) is 169 Å². The summed E-state index contributed by atoms with van der Waals surface area (Å²) in [6.45, 7) is 11.7. The molecular weight excluding hydrogens is 398 g/mol. The zero-order chi connectivity index (χ0) is 24.2. The molecule has 0 saturated heterocycles. The van der Waals surface area contributed by atoms with E-state index >= 15 is 0 Å². The quantitative estimate of drug-likeness (QED) is 0.0943. The second kappa shape index (κ2) is 27.9. The van der Waals surface area contributed by atoms with Gasteiger partial charge in [0, 0.05) is 0 Å². The van der Waals surface area contributed by atoms with Crippen LogP contribution in [-0.2, 0) is 0 Å². The van der Waals surface area contributed by atoms with Crippen molar-refractivity contribution in [3.05, 3.63) is 12.2 Å². The Labute approximate surface area is 211 Å². The van der Waals surface area contributed by atoms with E-state index in [1.54, 1.807) is 0 Å². The molecule has 0 fully saturated rings. The van der Waals surface area contributed by atoms with Gasteiger partial charge in [-0.2, -0.15) is 0 Å². The van der Waals surface area contributed by atoms with E-state index in [4.69, 9.17) is 0 Å². The fourth-order valence-corrected chi connectivity index (χ4v) is 5.00. The van der Waals surface area contributed by atoms with Gasteiger partial charge in [-0.05, 0) is 57.0 Å². The van der Waals surface area contributed by atoms with Crippen molar-refractivity contribution in [3.8, 4) is 0 Å². The van der Waals surface area contributed by atoms with E-state index in [9.17, 15) is 0 Å². The number of nitrogens with one attached hydrogen (secondary N) is 1. The summed E-state index contributed by atoms with van der Waals surface area (Å²) in [7, 11) is 0. The lowest BCUT2D eigenvalue weighted by atomic mass is 9.93. The number of rotatable bonds is 27. The molecule has 0 rings (SSSR count). The van der Waals surface area contributed by atoms with E-state index in [2.05, 4.69) is 45.2 Å². The lowest BCUT2D eigenvalue weighted by molar-refractivity contribution is 0.356. The van der Waals surface area contributed by atoms with Gasteiger partial charge in [0.1, 0.15) is 0 Å². The lowest BCUT2D eigenvalue weighted by Gasteiger charge is -2.21. The molecule has 0 heterocycles. The maximum atomic E-state index is 3.96. The van der Waals surface area contributed by atoms with E-state index in [0.717, 1.165) is 11.8 Å². The molecule has 0 radical (unpaired) electrons. The van der Waals surface area contributed by atoms with Gasteiger partial charge in [0.25, 0.3) is 0 Å². The van der Waals surface area contributed by atoms with Crippen molar-refractivity contribution in [1.82, 2.24) is 5.32 Å². The molecular formula is C32H65N. The topological polar surface area (TPSA) is 12.0 Å². The summed E-state index contributed by atoms with van der Waals surface area (Å²) in [5.74, 6) is 1.73. The van der Waals surface area contributed by atoms with Gasteiger partial charge in [-0.3, -0.25) is 0 Å². The third-order valence-corrected chi connectivity index (χ3v) is 7.36. The summed E-state index contributed by atoms with van der Waals surface area (Å²) >= 11 is 0. The molecule has 0 aliphatic rings. The van der Waals surface area contributed by atoms with Crippen molar-refractivity contribution < 1.29 is 0 Å². The summed E-state index contributed by atoms with van der Waals surface area (Å²) in [5.41, 5.74) is 0. The Bertz CT molecular complexity index is 375. The van der Waals surface area contributed by atoms with Gasteiger partial charge in [-0.1, -0.05) is 149 Å². The van der Waals surface area contributed by atoms with Gasteiger partial charge in [-0.25, -0.2) is 0 Å². The molecule has 0 bridgehead atoms. The number of unbranched alkanes of at least 4 members (excludes halogenated alkanes) is 14. The minimum atomic E-state index is 0.832. The van der Waals surface area contributed by atoms with Gasteiger partial charge >= 0.3 is 0 Å². The Kier molecular flexibility index (Phi) is 27.7. The first-order valence-corrected chi connectivity index (χ1v) is 15.6. The van der Waals surface area contributed by atoms with Crippen molar-refractivity contribution >= 4 is 0 Å². The molecule has 33 heavy (non-hydrogen) atoms. The van der Waals surface area contributed by atoms with Crippen LogP contribution in [0.15, 0.2) is 12.2 Å². The van der Waals surface area contributed by atoms with Crippen LogP contribution in [0.4, 0.5) is 0 Å². The highest BCUT2D eigenvalue weighted by molar-refractivity contribution is 4.84. The highest BCUT2D eigenvalue weighted by atomic mass is 14.9. The first-order valence-electron chi connectivity index (χ1n) is 15.6. The molecule has 2 atom stereocenters. The number of allylic oxidation sites excluding steroid dienone is 2. The van der Waals surface area contributed by atoms with E-state index in [1.165, 1.54) is 154 Å². The summed E-state index contributed by atoms with van der Waals surface area (Å²) in [6, 6.07) is 0. The molecule has 0 spiro atoms. The third-order valence-electron chi connectivity index (χ3n) is 7.36. The number of hydrogen-bond donors (Lipinski definition) is 1.